The van der Waals surface area contributed by atoms with Crippen molar-refractivity contribution in [3.05, 3.63) is 79.5 Å². The predicted molar refractivity (Wildman–Crippen MR) is 149 cm³/mol. The molecule has 4 aromatic rings. The van der Waals surface area contributed by atoms with Crippen molar-refractivity contribution in [3.8, 4) is 16.9 Å². The van der Waals surface area contributed by atoms with Gasteiger partial charge in [0.25, 0.3) is 0 Å². The first-order valence-corrected chi connectivity index (χ1v) is 12.3. The van der Waals surface area contributed by atoms with Gasteiger partial charge in [-0.3, -0.25) is 4.79 Å². The van der Waals surface area contributed by atoms with Crippen LogP contribution in [0.4, 0.5) is 23.0 Å². The second-order valence-electron chi connectivity index (χ2n) is 8.84. The van der Waals surface area contributed by atoms with E-state index in [1.807, 2.05) is 60.7 Å². The number of fused-ring (bicyclic) bond motifs is 1. The quantitative estimate of drug-likeness (QED) is 0.299. The zero-order valence-electron chi connectivity index (χ0n) is 21.1. The van der Waals surface area contributed by atoms with Gasteiger partial charge in [-0.25, -0.2) is 9.97 Å². The number of hydrogen-bond donors (Lipinski definition) is 3. The summed E-state index contributed by atoms with van der Waals surface area (Å²) in [6.07, 6.45) is 2.82. The third-order valence-electron chi connectivity index (χ3n) is 6.38. The maximum atomic E-state index is 11.8. The highest BCUT2D eigenvalue weighted by Gasteiger charge is 2.21. The highest BCUT2D eigenvalue weighted by atomic mass is 16.5. The number of aromatic nitrogens is 2. The molecule has 3 N–H and O–H groups in total. The molecule has 9 heteroatoms. The van der Waals surface area contributed by atoms with Crippen LogP contribution in [0.3, 0.4) is 0 Å². The summed E-state index contributed by atoms with van der Waals surface area (Å²) in [5, 5.41) is 16.5. The first-order chi connectivity index (χ1) is 18.6. The van der Waals surface area contributed by atoms with Gasteiger partial charge in [0.05, 0.1) is 37.6 Å². The Kier molecular flexibility index (Phi) is 7.48. The number of rotatable bonds is 8. The second-order valence-corrected chi connectivity index (χ2v) is 8.84. The second kappa shape index (κ2) is 11.3. The fourth-order valence-electron chi connectivity index (χ4n) is 4.47. The van der Waals surface area contributed by atoms with Crippen molar-refractivity contribution in [1.82, 2.24) is 9.97 Å². The summed E-state index contributed by atoms with van der Waals surface area (Å²) in [6.45, 7) is 5.41. The van der Waals surface area contributed by atoms with E-state index in [1.165, 1.54) is 6.08 Å². The summed E-state index contributed by atoms with van der Waals surface area (Å²) in [5.41, 5.74) is 4.99. The van der Waals surface area contributed by atoms with E-state index in [-0.39, 0.29) is 18.6 Å². The number of amides is 1. The molecule has 1 atom stereocenters. The molecule has 1 amide bonds. The van der Waals surface area contributed by atoms with Crippen LogP contribution in [-0.4, -0.2) is 60.5 Å². The lowest BCUT2D eigenvalue weighted by atomic mass is 10.0. The van der Waals surface area contributed by atoms with E-state index in [0.717, 1.165) is 39.9 Å². The van der Waals surface area contributed by atoms with Crippen molar-refractivity contribution in [2.75, 3.05) is 48.9 Å². The number of anilines is 4. The number of para-hydroxylation sites is 1. The third-order valence-corrected chi connectivity index (χ3v) is 6.38. The van der Waals surface area contributed by atoms with Gasteiger partial charge in [-0.2, -0.15) is 0 Å². The minimum absolute atomic E-state index is 0.0116. The normalized spacial score (nSPS) is 15.2. The van der Waals surface area contributed by atoms with Gasteiger partial charge >= 0.3 is 0 Å². The number of aliphatic hydroxyl groups excluding tert-OH is 1. The number of carbonyl (C=O) groups excluding carboxylic acids is 1. The molecule has 3 aromatic carbocycles. The lowest BCUT2D eigenvalue weighted by Crippen LogP contribution is -2.44. The van der Waals surface area contributed by atoms with Crippen LogP contribution >= 0.6 is 0 Å². The Morgan fingerprint density at radius 2 is 2.11 bits per heavy atom. The highest BCUT2D eigenvalue weighted by Crippen LogP contribution is 2.34. The zero-order valence-corrected chi connectivity index (χ0v) is 21.1. The van der Waals surface area contributed by atoms with E-state index >= 15 is 0 Å². The smallest absolute Gasteiger partial charge is 0.247 e. The van der Waals surface area contributed by atoms with E-state index in [9.17, 15) is 9.90 Å². The summed E-state index contributed by atoms with van der Waals surface area (Å²) < 4.78 is 11.2. The highest BCUT2D eigenvalue weighted by molar-refractivity contribution is 6.00. The summed E-state index contributed by atoms with van der Waals surface area (Å²) in [5.74, 6) is 0.812. The van der Waals surface area contributed by atoms with E-state index in [1.54, 1.807) is 13.3 Å². The van der Waals surface area contributed by atoms with Crippen LogP contribution in [0.15, 0.2) is 79.5 Å². The van der Waals surface area contributed by atoms with Gasteiger partial charge in [-0.05, 0) is 35.9 Å². The summed E-state index contributed by atoms with van der Waals surface area (Å²) >= 11 is 0. The minimum atomic E-state index is -0.268. The molecule has 0 bridgehead atoms. The van der Waals surface area contributed by atoms with Crippen LogP contribution in [0, 0.1) is 0 Å². The Morgan fingerprint density at radius 1 is 1.24 bits per heavy atom. The molecular formula is C29H29N5O4. The average Bonchev–Trinajstić information content (AvgIpc) is 2.97. The van der Waals surface area contributed by atoms with Gasteiger partial charge in [0, 0.05) is 47.7 Å². The number of nitrogens with one attached hydrogen (secondary N) is 2. The topological polar surface area (TPSA) is 109 Å². The van der Waals surface area contributed by atoms with Crippen LogP contribution < -0.4 is 20.3 Å². The van der Waals surface area contributed by atoms with Gasteiger partial charge < -0.3 is 30.1 Å². The summed E-state index contributed by atoms with van der Waals surface area (Å²) in [7, 11) is 1.62. The molecule has 0 radical (unpaired) electrons. The third kappa shape index (κ3) is 5.44. The zero-order chi connectivity index (χ0) is 26.5. The summed E-state index contributed by atoms with van der Waals surface area (Å²) in [6, 6.07) is 19.4. The molecule has 1 saturated heterocycles. The molecule has 1 aromatic heterocycles. The molecule has 1 fully saturated rings. The van der Waals surface area contributed by atoms with Crippen LogP contribution in [0.25, 0.3) is 22.0 Å². The molecule has 2 heterocycles. The number of benzene rings is 3. The lowest BCUT2D eigenvalue weighted by molar-refractivity contribution is -0.111. The van der Waals surface area contributed by atoms with Crippen molar-refractivity contribution in [1.29, 1.82) is 0 Å². The van der Waals surface area contributed by atoms with Crippen LogP contribution in [0.1, 0.15) is 0 Å². The Balaban J connectivity index is 1.44. The molecule has 1 aliphatic heterocycles. The van der Waals surface area contributed by atoms with Crippen molar-refractivity contribution in [2.24, 2.45) is 0 Å². The predicted octanol–water partition coefficient (Wildman–Crippen LogP) is 4.37. The number of ether oxygens (including phenoxy) is 2. The fourth-order valence-corrected chi connectivity index (χ4v) is 4.47. The number of aliphatic hydroxyl groups is 1. The maximum Gasteiger partial charge on any atom is 0.247 e. The molecule has 1 aliphatic rings. The first kappa shape index (κ1) is 25.2. The molecule has 38 heavy (non-hydrogen) atoms. The number of nitrogens with zero attached hydrogens (tertiary/aromatic N) is 3. The number of methoxy groups -OCH3 is 1. The Labute approximate surface area is 220 Å². The van der Waals surface area contributed by atoms with Gasteiger partial charge in [-0.1, -0.05) is 36.9 Å². The maximum absolute atomic E-state index is 11.8. The fraction of sp³-hybridized carbons (Fsp3) is 0.207. The molecule has 194 valence electrons. The number of hydrogen-bond acceptors (Lipinski definition) is 8. The van der Waals surface area contributed by atoms with Crippen molar-refractivity contribution >= 4 is 39.8 Å². The van der Waals surface area contributed by atoms with Crippen LogP contribution in [0.2, 0.25) is 0 Å². The summed E-state index contributed by atoms with van der Waals surface area (Å²) in [4.78, 5) is 23.3. The van der Waals surface area contributed by atoms with Crippen LogP contribution in [-0.2, 0) is 9.53 Å². The van der Waals surface area contributed by atoms with Crippen molar-refractivity contribution in [2.45, 2.75) is 6.10 Å². The lowest BCUT2D eigenvalue weighted by Gasteiger charge is -2.34. The van der Waals surface area contributed by atoms with E-state index in [2.05, 4.69) is 27.1 Å². The van der Waals surface area contributed by atoms with Gasteiger partial charge in [0.1, 0.15) is 5.75 Å². The number of morpholine rings is 1. The molecule has 0 saturated carbocycles. The van der Waals surface area contributed by atoms with Gasteiger partial charge in [0.2, 0.25) is 11.9 Å². The largest absolute Gasteiger partial charge is 0.494 e. The molecule has 5 rings (SSSR count). The minimum Gasteiger partial charge on any atom is -0.494 e. The van der Waals surface area contributed by atoms with Crippen molar-refractivity contribution < 1.29 is 19.4 Å². The molecule has 0 spiro atoms. The first-order valence-electron chi connectivity index (χ1n) is 12.3. The standard InChI is InChI=1S/C29H29N5O4/c1-3-27(36)31-21-8-4-6-19(14-21)24-9-5-7-20-16-30-29(33-28(20)24)32-25-11-10-22(15-26(25)37-2)34-12-13-38-23(17-34)18-35/h3-11,14-16,23,35H,1,12-13,17-18H2,2H3,(H,31,36)(H,30,32,33)/t23-/m1/s1. The van der Waals surface area contributed by atoms with Crippen LogP contribution in [0.5, 0.6) is 5.75 Å². The Morgan fingerprint density at radius 3 is 2.92 bits per heavy atom. The Hall–Kier alpha value is -4.47. The molecule has 0 unspecified atom stereocenters. The van der Waals surface area contributed by atoms with Crippen molar-refractivity contribution in [3.63, 3.8) is 0 Å². The number of carbonyl (C=O) groups is 1. The monoisotopic (exact) mass is 511 g/mol. The molecule has 0 aliphatic carbocycles. The van der Waals surface area contributed by atoms with E-state index in [4.69, 9.17) is 14.5 Å². The van der Waals surface area contributed by atoms with Gasteiger partial charge in [-0.15, -0.1) is 0 Å². The van der Waals surface area contributed by atoms with Gasteiger partial charge in [0.15, 0.2) is 0 Å². The SMILES string of the molecule is C=CC(=O)Nc1cccc(-c2cccc3cnc(Nc4ccc(N5CCO[C@@H](CO)C5)cc4OC)nc23)c1. The Bertz CT molecular complexity index is 1470. The van der Waals surface area contributed by atoms with E-state index in [0.29, 0.717) is 30.5 Å². The molecule has 9 nitrogen and oxygen atoms in total. The van der Waals surface area contributed by atoms with E-state index < -0.39 is 0 Å². The molecular weight excluding hydrogens is 482 g/mol. The average molecular weight is 512 g/mol.